The zero-order chi connectivity index (χ0) is 13.0. The molecule has 0 amide bonds. The molecule has 1 atom stereocenters. The van der Waals surface area contributed by atoms with Crippen LogP contribution in [0.2, 0.25) is 0 Å². The molecule has 1 unspecified atom stereocenters. The van der Waals surface area contributed by atoms with Crippen LogP contribution in [0.3, 0.4) is 0 Å². The summed E-state index contributed by atoms with van der Waals surface area (Å²) in [6.45, 7) is 4.88. The van der Waals surface area contributed by atoms with Crippen LogP contribution in [0.4, 0.5) is 0 Å². The van der Waals surface area contributed by atoms with Crippen molar-refractivity contribution in [3.05, 3.63) is 42.0 Å². The van der Waals surface area contributed by atoms with E-state index in [4.69, 9.17) is 4.74 Å². The lowest BCUT2D eigenvalue weighted by atomic mass is 10.1. The molecule has 2 rings (SSSR count). The quantitative estimate of drug-likeness (QED) is 0.875. The van der Waals surface area contributed by atoms with Crippen molar-refractivity contribution in [1.29, 1.82) is 0 Å². The van der Waals surface area contributed by atoms with E-state index in [-0.39, 0.29) is 0 Å². The molecule has 1 aromatic heterocycles. The first kappa shape index (κ1) is 12.6. The largest absolute Gasteiger partial charge is 0.494 e. The second-order valence-corrected chi connectivity index (χ2v) is 4.07. The fourth-order valence-corrected chi connectivity index (χ4v) is 1.77. The number of aliphatic hydroxyl groups excluding tert-OH is 1. The highest BCUT2D eigenvalue weighted by molar-refractivity contribution is 5.38. The highest BCUT2D eigenvalue weighted by Crippen LogP contribution is 2.24. The van der Waals surface area contributed by atoms with Gasteiger partial charge in [-0.2, -0.15) is 5.10 Å². The summed E-state index contributed by atoms with van der Waals surface area (Å²) >= 11 is 0. The van der Waals surface area contributed by atoms with E-state index in [9.17, 15) is 5.11 Å². The van der Waals surface area contributed by atoms with Gasteiger partial charge in [0.2, 0.25) is 0 Å². The van der Waals surface area contributed by atoms with Crippen LogP contribution < -0.4 is 4.74 Å². The van der Waals surface area contributed by atoms with Crippen LogP contribution in [0.15, 0.2) is 30.9 Å². The predicted molar refractivity (Wildman–Crippen MR) is 67.4 cm³/mol. The van der Waals surface area contributed by atoms with Gasteiger partial charge in [-0.1, -0.05) is 6.07 Å². The Morgan fingerprint density at radius 2 is 2.28 bits per heavy atom. The van der Waals surface area contributed by atoms with Crippen LogP contribution in [-0.2, 0) is 6.54 Å². The lowest BCUT2D eigenvalue weighted by molar-refractivity contribution is 0.199. The van der Waals surface area contributed by atoms with Crippen molar-refractivity contribution in [2.24, 2.45) is 0 Å². The second kappa shape index (κ2) is 5.64. The minimum absolute atomic E-state index is 0.491. The molecule has 0 bridgehead atoms. The number of benzene rings is 1. The van der Waals surface area contributed by atoms with Gasteiger partial charge < -0.3 is 9.84 Å². The summed E-state index contributed by atoms with van der Waals surface area (Å²) in [6.07, 6.45) is 2.67. The van der Waals surface area contributed by atoms with E-state index in [2.05, 4.69) is 10.1 Å². The highest BCUT2D eigenvalue weighted by Gasteiger charge is 2.09. The Bertz CT molecular complexity index is 495. The molecular formula is C13H17N3O2. The summed E-state index contributed by atoms with van der Waals surface area (Å²) < 4.78 is 7.30. The zero-order valence-corrected chi connectivity index (χ0v) is 10.6. The van der Waals surface area contributed by atoms with Crippen LogP contribution >= 0.6 is 0 Å². The molecule has 5 nitrogen and oxygen atoms in total. The summed E-state index contributed by atoms with van der Waals surface area (Å²) in [6, 6.07) is 5.70. The standard InChI is InChI=1S/C13H17N3O2/c1-3-18-13-5-4-11(10(2)17)6-12(13)7-16-9-14-8-15-16/h4-6,8-10,17H,3,7H2,1-2H3. The van der Waals surface area contributed by atoms with Gasteiger partial charge in [-0.05, 0) is 31.5 Å². The minimum atomic E-state index is -0.491. The molecule has 1 heterocycles. The molecule has 5 heteroatoms. The number of ether oxygens (including phenoxy) is 1. The first-order chi connectivity index (χ1) is 8.70. The Kier molecular flexibility index (Phi) is 3.94. The molecular weight excluding hydrogens is 230 g/mol. The number of nitrogens with zero attached hydrogens (tertiary/aromatic N) is 3. The summed E-state index contributed by atoms with van der Waals surface area (Å²) in [5.41, 5.74) is 1.86. The average molecular weight is 247 g/mol. The number of aliphatic hydroxyl groups is 1. The predicted octanol–water partition coefficient (Wildman–Crippen LogP) is 1.78. The van der Waals surface area contributed by atoms with Crippen molar-refractivity contribution >= 4 is 0 Å². The summed E-state index contributed by atoms with van der Waals surface area (Å²) in [7, 11) is 0. The Morgan fingerprint density at radius 3 is 2.89 bits per heavy atom. The molecule has 0 saturated heterocycles. The van der Waals surface area contributed by atoms with E-state index in [1.807, 2.05) is 25.1 Å². The molecule has 0 spiro atoms. The third kappa shape index (κ3) is 2.87. The number of hydrogen-bond acceptors (Lipinski definition) is 4. The molecule has 0 radical (unpaired) electrons. The Balaban J connectivity index is 2.31. The maximum atomic E-state index is 9.62. The van der Waals surface area contributed by atoms with E-state index in [0.29, 0.717) is 13.2 Å². The number of rotatable bonds is 5. The maximum absolute atomic E-state index is 9.62. The normalized spacial score (nSPS) is 12.4. The third-order valence-electron chi connectivity index (χ3n) is 2.67. The Hall–Kier alpha value is -1.88. The molecule has 0 aliphatic rings. The van der Waals surface area contributed by atoms with Gasteiger partial charge in [0.25, 0.3) is 0 Å². The number of hydrogen-bond donors (Lipinski definition) is 1. The van der Waals surface area contributed by atoms with Crippen LogP contribution in [-0.4, -0.2) is 26.5 Å². The zero-order valence-electron chi connectivity index (χ0n) is 10.6. The van der Waals surface area contributed by atoms with Gasteiger partial charge in [0, 0.05) is 5.56 Å². The first-order valence-corrected chi connectivity index (χ1v) is 5.96. The summed E-state index contributed by atoms with van der Waals surface area (Å²) in [5, 5.41) is 13.7. The fraction of sp³-hybridized carbons (Fsp3) is 0.385. The van der Waals surface area contributed by atoms with Crippen molar-refractivity contribution in [2.75, 3.05) is 6.61 Å². The van der Waals surface area contributed by atoms with Crippen molar-refractivity contribution in [2.45, 2.75) is 26.5 Å². The third-order valence-corrected chi connectivity index (χ3v) is 2.67. The highest BCUT2D eigenvalue weighted by atomic mass is 16.5. The smallest absolute Gasteiger partial charge is 0.137 e. The van der Waals surface area contributed by atoms with Gasteiger partial charge in [-0.25, -0.2) is 9.67 Å². The van der Waals surface area contributed by atoms with Gasteiger partial charge in [0.1, 0.15) is 18.4 Å². The van der Waals surface area contributed by atoms with Crippen molar-refractivity contribution < 1.29 is 9.84 Å². The molecule has 0 saturated carbocycles. The number of aromatic nitrogens is 3. The van der Waals surface area contributed by atoms with E-state index in [1.165, 1.54) is 6.33 Å². The average Bonchev–Trinajstić information content (AvgIpc) is 2.84. The Morgan fingerprint density at radius 1 is 1.44 bits per heavy atom. The molecule has 2 aromatic rings. The fourth-order valence-electron chi connectivity index (χ4n) is 1.77. The van der Waals surface area contributed by atoms with Crippen molar-refractivity contribution in [3.8, 4) is 5.75 Å². The van der Waals surface area contributed by atoms with Crippen molar-refractivity contribution in [3.63, 3.8) is 0 Å². The molecule has 1 aromatic carbocycles. The summed E-state index contributed by atoms with van der Waals surface area (Å²) in [5.74, 6) is 0.817. The van der Waals surface area contributed by atoms with Crippen molar-refractivity contribution in [1.82, 2.24) is 14.8 Å². The van der Waals surface area contributed by atoms with E-state index in [1.54, 1.807) is 17.9 Å². The molecule has 1 N–H and O–H groups in total. The van der Waals surface area contributed by atoms with Gasteiger partial charge >= 0.3 is 0 Å². The molecule has 0 aliphatic carbocycles. The van der Waals surface area contributed by atoms with Gasteiger partial charge in [0.15, 0.2) is 0 Å². The van der Waals surface area contributed by atoms with Gasteiger partial charge in [-0.3, -0.25) is 0 Å². The first-order valence-electron chi connectivity index (χ1n) is 5.96. The van der Waals surface area contributed by atoms with E-state index in [0.717, 1.165) is 16.9 Å². The van der Waals surface area contributed by atoms with Gasteiger partial charge in [0.05, 0.1) is 19.3 Å². The topological polar surface area (TPSA) is 60.2 Å². The lowest BCUT2D eigenvalue weighted by Crippen LogP contribution is -2.05. The monoisotopic (exact) mass is 247 g/mol. The second-order valence-electron chi connectivity index (χ2n) is 4.07. The van der Waals surface area contributed by atoms with E-state index < -0.39 is 6.10 Å². The van der Waals surface area contributed by atoms with Crippen LogP contribution in [0.25, 0.3) is 0 Å². The SMILES string of the molecule is CCOc1ccc(C(C)O)cc1Cn1cncn1. The molecule has 96 valence electrons. The van der Waals surface area contributed by atoms with Crippen LogP contribution in [0, 0.1) is 0 Å². The maximum Gasteiger partial charge on any atom is 0.137 e. The Labute approximate surface area is 106 Å². The lowest BCUT2D eigenvalue weighted by Gasteiger charge is -2.13. The minimum Gasteiger partial charge on any atom is -0.494 e. The van der Waals surface area contributed by atoms with E-state index >= 15 is 0 Å². The van der Waals surface area contributed by atoms with Crippen LogP contribution in [0.1, 0.15) is 31.1 Å². The molecule has 18 heavy (non-hydrogen) atoms. The van der Waals surface area contributed by atoms with Gasteiger partial charge in [-0.15, -0.1) is 0 Å². The molecule has 0 fully saturated rings. The summed E-state index contributed by atoms with van der Waals surface area (Å²) in [4.78, 5) is 3.91. The molecule has 0 aliphatic heterocycles. The van der Waals surface area contributed by atoms with Crippen LogP contribution in [0.5, 0.6) is 5.75 Å².